The van der Waals surface area contributed by atoms with E-state index in [0.717, 1.165) is 0 Å². The topological polar surface area (TPSA) is 18.5 Å². The van der Waals surface area contributed by atoms with E-state index in [2.05, 4.69) is 6.92 Å². The summed E-state index contributed by atoms with van der Waals surface area (Å²) in [5.41, 5.74) is 0. The quantitative estimate of drug-likeness (QED) is 0.611. The maximum Gasteiger partial charge on any atom is 0.0813 e. The summed E-state index contributed by atoms with van der Waals surface area (Å²) in [5.74, 6) is 0. The van der Waals surface area contributed by atoms with Crippen LogP contribution in [0.25, 0.3) is 0 Å². The summed E-state index contributed by atoms with van der Waals surface area (Å²) in [6.45, 7) is 12.4. The standard InChI is InChI=1S/C9H19O2/c1-7(2)10-6-9(5)11-8(3)4/h7-9H,5-6H2,1-4H3. The minimum Gasteiger partial charge on any atom is -0.376 e. The van der Waals surface area contributed by atoms with Gasteiger partial charge in [-0.25, -0.2) is 0 Å². The smallest absolute Gasteiger partial charge is 0.0813 e. The molecular formula is C9H19O2. The fourth-order valence-electron chi connectivity index (χ4n) is 0.724. The lowest BCUT2D eigenvalue weighted by atomic mass is 10.4. The van der Waals surface area contributed by atoms with Crippen LogP contribution in [0.15, 0.2) is 0 Å². The van der Waals surface area contributed by atoms with Crippen LogP contribution in [-0.4, -0.2) is 24.9 Å². The molecule has 0 N–H and O–H groups in total. The van der Waals surface area contributed by atoms with Crippen molar-refractivity contribution in [2.24, 2.45) is 0 Å². The van der Waals surface area contributed by atoms with Gasteiger partial charge in [0.05, 0.1) is 24.9 Å². The monoisotopic (exact) mass is 159 g/mol. The second-order valence-corrected chi connectivity index (χ2v) is 3.19. The van der Waals surface area contributed by atoms with Gasteiger partial charge >= 0.3 is 0 Å². The van der Waals surface area contributed by atoms with Gasteiger partial charge in [0.1, 0.15) is 0 Å². The third-order valence-corrected chi connectivity index (χ3v) is 1.08. The molecule has 0 aliphatic rings. The van der Waals surface area contributed by atoms with Crippen molar-refractivity contribution in [1.29, 1.82) is 0 Å². The molecule has 11 heavy (non-hydrogen) atoms. The molecule has 67 valence electrons. The zero-order chi connectivity index (χ0) is 8.85. The highest BCUT2D eigenvalue weighted by Gasteiger charge is 2.05. The van der Waals surface area contributed by atoms with E-state index in [0.29, 0.717) is 6.61 Å². The summed E-state index contributed by atoms with van der Waals surface area (Å²) in [6.07, 6.45) is 0.445. The molecule has 2 heteroatoms. The average molecular weight is 159 g/mol. The van der Waals surface area contributed by atoms with E-state index < -0.39 is 0 Å². The molecule has 1 atom stereocenters. The highest BCUT2D eigenvalue weighted by atomic mass is 16.5. The third kappa shape index (κ3) is 7.82. The average Bonchev–Trinajstić information content (AvgIpc) is 1.82. The summed E-state index contributed by atoms with van der Waals surface area (Å²) < 4.78 is 10.7. The largest absolute Gasteiger partial charge is 0.376 e. The maximum absolute atomic E-state index is 5.36. The van der Waals surface area contributed by atoms with Crippen LogP contribution >= 0.6 is 0 Å². The van der Waals surface area contributed by atoms with Gasteiger partial charge in [0.2, 0.25) is 0 Å². The normalized spacial score (nSPS) is 14.5. The molecular weight excluding hydrogens is 140 g/mol. The molecule has 1 unspecified atom stereocenters. The van der Waals surface area contributed by atoms with E-state index in [1.54, 1.807) is 0 Å². The summed E-state index contributed by atoms with van der Waals surface area (Å²) in [5, 5.41) is 0. The van der Waals surface area contributed by atoms with Gasteiger partial charge in [-0.05, 0) is 34.6 Å². The third-order valence-electron chi connectivity index (χ3n) is 1.08. The summed E-state index contributed by atoms with van der Waals surface area (Å²) in [4.78, 5) is 0. The minimum absolute atomic E-state index is 0.0441. The zero-order valence-electron chi connectivity index (χ0n) is 7.96. The minimum atomic E-state index is -0.0441. The fraction of sp³-hybridized carbons (Fsp3) is 0.889. The van der Waals surface area contributed by atoms with E-state index in [1.807, 2.05) is 27.7 Å². The van der Waals surface area contributed by atoms with Crippen LogP contribution < -0.4 is 0 Å². The molecule has 0 aliphatic carbocycles. The Morgan fingerprint density at radius 1 is 1.09 bits per heavy atom. The van der Waals surface area contributed by atoms with Crippen LogP contribution in [-0.2, 0) is 9.47 Å². The SMILES string of the molecule is [CH2]C(COC(C)C)OC(C)C. The molecule has 0 aromatic carbocycles. The zero-order valence-corrected chi connectivity index (χ0v) is 7.96. The van der Waals surface area contributed by atoms with Crippen LogP contribution in [0, 0.1) is 6.92 Å². The van der Waals surface area contributed by atoms with Crippen LogP contribution in [0.2, 0.25) is 0 Å². The van der Waals surface area contributed by atoms with E-state index in [-0.39, 0.29) is 18.3 Å². The highest BCUT2D eigenvalue weighted by Crippen LogP contribution is 1.98. The molecule has 0 aromatic rings. The first-order valence-corrected chi connectivity index (χ1v) is 4.12. The molecule has 2 nitrogen and oxygen atoms in total. The molecule has 0 saturated heterocycles. The van der Waals surface area contributed by atoms with E-state index >= 15 is 0 Å². The lowest BCUT2D eigenvalue weighted by molar-refractivity contribution is -0.0377. The van der Waals surface area contributed by atoms with E-state index in [9.17, 15) is 0 Å². The van der Waals surface area contributed by atoms with Crippen molar-refractivity contribution in [2.45, 2.75) is 46.0 Å². The Balaban J connectivity index is 3.29. The second-order valence-electron chi connectivity index (χ2n) is 3.19. The van der Waals surface area contributed by atoms with Crippen molar-refractivity contribution in [3.63, 3.8) is 0 Å². The fourth-order valence-corrected chi connectivity index (χ4v) is 0.724. The molecule has 0 saturated carbocycles. The molecule has 0 heterocycles. The van der Waals surface area contributed by atoms with Crippen LogP contribution in [0.4, 0.5) is 0 Å². The summed E-state index contributed by atoms with van der Waals surface area (Å²) in [6, 6.07) is 0. The van der Waals surface area contributed by atoms with Gasteiger partial charge in [-0.2, -0.15) is 0 Å². The Morgan fingerprint density at radius 3 is 2.00 bits per heavy atom. The van der Waals surface area contributed by atoms with Crippen molar-refractivity contribution in [3.05, 3.63) is 6.92 Å². The predicted molar refractivity (Wildman–Crippen MR) is 46.5 cm³/mol. The van der Waals surface area contributed by atoms with Crippen LogP contribution in [0.1, 0.15) is 27.7 Å². The number of hydrogen-bond acceptors (Lipinski definition) is 2. The first kappa shape index (κ1) is 10.9. The van der Waals surface area contributed by atoms with Gasteiger partial charge in [0.15, 0.2) is 0 Å². The molecule has 0 aromatic heterocycles. The van der Waals surface area contributed by atoms with Gasteiger partial charge < -0.3 is 9.47 Å². The molecule has 0 aliphatic heterocycles. The second kappa shape index (κ2) is 5.56. The van der Waals surface area contributed by atoms with Gasteiger partial charge in [0.25, 0.3) is 0 Å². The van der Waals surface area contributed by atoms with Crippen LogP contribution in [0.5, 0.6) is 0 Å². The molecule has 0 spiro atoms. The summed E-state index contributed by atoms with van der Waals surface area (Å²) >= 11 is 0. The van der Waals surface area contributed by atoms with Gasteiger partial charge in [-0.3, -0.25) is 0 Å². The Morgan fingerprint density at radius 2 is 1.64 bits per heavy atom. The van der Waals surface area contributed by atoms with Crippen molar-refractivity contribution in [3.8, 4) is 0 Å². The predicted octanol–water partition coefficient (Wildman–Crippen LogP) is 2.04. The Kier molecular flexibility index (Phi) is 5.51. The van der Waals surface area contributed by atoms with Gasteiger partial charge in [0, 0.05) is 0 Å². The lowest BCUT2D eigenvalue weighted by Gasteiger charge is -2.17. The Hall–Kier alpha value is -0.0800. The first-order chi connectivity index (χ1) is 5.02. The number of rotatable bonds is 5. The Bertz CT molecular complexity index is 89.6. The van der Waals surface area contributed by atoms with Crippen molar-refractivity contribution >= 4 is 0 Å². The van der Waals surface area contributed by atoms with E-state index in [4.69, 9.17) is 9.47 Å². The lowest BCUT2D eigenvalue weighted by Crippen LogP contribution is -2.22. The first-order valence-electron chi connectivity index (χ1n) is 4.12. The summed E-state index contributed by atoms with van der Waals surface area (Å²) in [7, 11) is 0. The van der Waals surface area contributed by atoms with Crippen molar-refractivity contribution < 1.29 is 9.47 Å². The van der Waals surface area contributed by atoms with E-state index in [1.165, 1.54) is 0 Å². The molecule has 0 fully saturated rings. The van der Waals surface area contributed by atoms with Gasteiger partial charge in [-0.1, -0.05) is 0 Å². The van der Waals surface area contributed by atoms with Gasteiger partial charge in [-0.15, -0.1) is 0 Å². The highest BCUT2D eigenvalue weighted by molar-refractivity contribution is 4.60. The van der Waals surface area contributed by atoms with Crippen molar-refractivity contribution in [1.82, 2.24) is 0 Å². The Labute approximate surface area is 69.9 Å². The number of ether oxygens (including phenoxy) is 2. The van der Waals surface area contributed by atoms with Crippen molar-refractivity contribution in [2.75, 3.05) is 6.61 Å². The maximum atomic E-state index is 5.36. The molecule has 0 amide bonds. The molecule has 1 radical (unpaired) electrons. The van der Waals surface area contributed by atoms with Crippen LogP contribution in [0.3, 0.4) is 0 Å². The molecule has 0 rings (SSSR count). The molecule has 0 bridgehead atoms. The number of hydrogen-bond donors (Lipinski definition) is 0.